The Hall–Kier alpha value is -1.55. The Morgan fingerprint density at radius 1 is 1.35 bits per heavy atom. The van der Waals surface area contributed by atoms with Crippen LogP contribution in [0.2, 0.25) is 0 Å². The number of nitrogens with one attached hydrogen (secondary N) is 1. The van der Waals surface area contributed by atoms with Gasteiger partial charge in [-0.3, -0.25) is 5.43 Å². The highest BCUT2D eigenvalue weighted by Gasteiger charge is 2.08. The van der Waals surface area contributed by atoms with Crippen LogP contribution in [0.1, 0.15) is 19.4 Å². The lowest BCUT2D eigenvalue weighted by Gasteiger charge is -2.03. The van der Waals surface area contributed by atoms with E-state index < -0.39 is 5.97 Å². The van der Waals surface area contributed by atoms with Gasteiger partial charge in [-0.1, -0.05) is 30.7 Å². The first-order chi connectivity index (χ1) is 8.17. The standard InChI is InChI=1S/C12H15ClN2O2/c1-3-9-5-7-10(8-6-9)14-15-11(13)12(16)17-4-2/h5-8,14H,3-4H2,1-2H3/b15-11-. The van der Waals surface area contributed by atoms with Gasteiger partial charge in [0.05, 0.1) is 12.3 Å². The van der Waals surface area contributed by atoms with Gasteiger partial charge >= 0.3 is 5.97 Å². The number of hydrogen-bond acceptors (Lipinski definition) is 4. The molecule has 0 atom stereocenters. The Kier molecular flexibility index (Phi) is 5.49. The number of anilines is 1. The topological polar surface area (TPSA) is 50.7 Å². The number of halogens is 1. The minimum Gasteiger partial charge on any atom is -0.461 e. The average molecular weight is 255 g/mol. The fourth-order valence-corrected chi connectivity index (χ4v) is 1.26. The van der Waals surface area contributed by atoms with Gasteiger partial charge in [0.2, 0.25) is 5.17 Å². The van der Waals surface area contributed by atoms with E-state index in [4.69, 9.17) is 11.6 Å². The van der Waals surface area contributed by atoms with Gasteiger partial charge in [-0.15, -0.1) is 0 Å². The first kappa shape index (κ1) is 13.5. The van der Waals surface area contributed by atoms with Gasteiger partial charge in [0, 0.05) is 0 Å². The molecule has 1 aromatic carbocycles. The van der Waals surface area contributed by atoms with Crippen LogP contribution in [0.4, 0.5) is 5.69 Å². The lowest BCUT2D eigenvalue weighted by molar-refractivity contribution is -0.134. The highest BCUT2D eigenvalue weighted by Crippen LogP contribution is 2.10. The minimum absolute atomic E-state index is 0.216. The van der Waals surface area contributed by atoms with E-state index in [1.54, 1.807) is 6.92 Å². The van der Waals surface area contributed by atoms with E-state index in [1.165, 1.54) is 5.56 Å². The van der Waals surface area contributed by atoms with Crippen molar-refractivity contribution >= 4 is 28.4 Å². The van der Waals surface area contributed by atoms with E-state index in [1.807, 2.05) is 24.3 Å². The predicted octanol–water partition coefficient (Wildman–Crippen LogP) is 2.78. The van der Waals surface area contributed by atoms with Gasteiger partial charge in [-0.25, -0.2) is 4.79 Å². The summed E-state index contributed by atoms with van der Waals surface area (Å²) >= 11 is 5.63. The molecule has 0 amide bonds. The van der Waals surface area contributed by atoms with Crippen LogP contribution in [0.25, 0.3) is 0 Å². The van der Waals surface area contributed by atoms with Crippen molar-refractivity contribution in [3.63, 3.8) is 0 Å². The zero-order valence-corrected chi connectivity index (χ0v) is 10.6. The summed E-state index contributed by atoms with van der Waals surface area (Å²) in [5.74, 6) is -0.633. The first-order valence-electron chi connectivity index (χ1n) is 5.42. The molecule has 0 fully saturated rings. The molecule has 1 rings (SSSR count). The maximum Gasteiger partial charge on any atom is 0.370 e. The second-order valence-corrected chi connectivity index (χ2v) is 3.64. The summed E-state index contributed by atoms with van der Waals surface area (Å²) < 4.78 is 4.69. The zero-order chi connectivity index (χ0) is 12.7. The molecule has 0 saturated carbocycles. The fourth-order valence-electron chi connectivity index (χ4n) is 1.16. The normalized spacial score (nSPS) is 11.1. The zero-order valence-electron chi connectivity index (χ0n) is 9.87. The number of nitrogens with zero attached hydrogens (tertiary/aromatic N) is 1. The van der Waals surface area contributed by atoms with Crippen molar-refractivity contribution in [2.45, 2.75) is 20.3 Å². The highest BCUT2D eigenvalue weighted by atomic mass is 35.5. The van der Waals surface area contributed by atoms with E-state index in [9.17, 15) is 4.79 Å². The number of carbonyl (C=O) groups is 1. The molecule has 17 heavy (non-hydrogen) atoms. The van der Waals surface area contributed by atoms with Crippen molar-refractivity contribution in [3.05, 3.63) is 29.8 Å². The molecule has 4 nitrogen and oxygen atoms in total. The molecule has 92 valence electrons. The molecule has 0 heterocycles. The van der Waals surface area contributed by atoms with E-state index in [2.05, 4.69) is 22.2 Å². The molecule has 5 heteroatoms. The monoisotopic (exact) mass is 254 g/mol. The largest absolute Gasteiger partial charge is 0.461 e. The van der Waals surface area contributed by atoms with Crippen LogP contribution >= 0.6 is 11.6 Å². The molecule has 0 saturated heterocycles. The van der Waals surface area contributed by atoms with E-state index in [0.29, 0.717) is 0 Å². The molecule has 0 radical (unpaired) electrons. The third-order valence-corrected chi connectivity index (χ3v) is 2.33. The van der Waals surface area contributed by atoms with Crippen molar-refractivity contribution in [3.8, 4) is 0 Å². The van der Waals surface area contributed by atoms with Gasteiger partial charge in [0.25, 0.3) is 0 Å². The second-order valence-electron chi connectivity index (χ2n) is 3.29. The van der Waals surface area contributed by atoms with Crippen LogP contribution in [0.5, 0.6) is 0 Å². The number of carbonyl (C=O) groups excluding carboxylic acids is 1. The van der Waals surface area contributed by atoms with E-state index >= 15 is 0 Å². The molecule has 1 N–H and O–H groups in total. The Labute approximate surface area is 106 Å². The number of esters is 1. The summed E-state index contributed by atoms with van der Waals surface area (Å²) in [5.41, 5.74) is 4.69. The van der Waals surface area contributed by atoms with Gasteiger partial charge in [-0.2, -0.15) is 5.10 Å². The number of ether oxygens (including phenoxy) is 1. The van der Waals surface area contributed by atoms with Gasteiger partial charge in [-0.05, 0) is 31.0 Å². The molecule has 0 spiro atoms. The fraction of sp³-hybridized carbons (Fsp3) is 0.333. The van der Waals surface area contributed by atoms with Crippen LogP contribution in [-0.2, 0) is 16.0 Å². The number of hydrazone groups is 1. The molecular weight excluding hydrogens is 240 g/mol. The Morgan fingerprint density at radius 2 is 2.00 bits per heavy atom. The lowest BCUT2D eigenvalue weighted by atomic mass is 10.2. The van der Waals surface area contributed by atoms with Crippen LogP contribution < -0.4 is 5.43 Å². The quantitative estimate of drug-likeness (QED) is 0.499. The smallest absolute Gasteiger partial charge is 0.370 e. The van der Waals surface area contributed by atoms with Crippen LogP contribution in [0.3, 0.4) is 0 Å². The molecule has 0 aliphatic rings. The van der Waals surface area contributed by atoms with Gasteiger partial charge < -0.3 is 4.74 Å². The Morgan fingerprint density at radius 3 is 2.53 bits per heavy atom. The minimum atomic E-state index is -0.633. The summed E-state index contributed by atoms with van der Waals surface area (Å²) in [4.78, 5) is 11.1. The van der Waals surface area contributed by atoms with Crippen LogP contribution in [0.15, 0.2) is 29.4 Å². The van der Waals surface area contributed by atoms with Crippen molar-refractivity contribution in [2.75, 3.05) is 12.0 Å². The number of rotatable bonds is 5. The first-order valence-corrected chi connectivity index (χ1v) is 5.80. The highest BCUT2D eigenvalue weighted by molar-refractivity contribution is 6.82. The molecule has 1 aromatic rings. The Bertz CT molecular complexity index is 401. The average Bonchev–Trinajstić information content (AvgIpc) is 2.36. The van der Waals surface area contributed by atoms with Crippen LogP contribution in [-0.4, -0.2) is 17.7 Å². The molecular formula is C12H15ClN2O2. The summed E-state index contributed by atoms with van der Waals surface area (Å²) in [6.07, 6.45) is 0.979. The third kappa shape index (κ3) is 4.44. The second kappa shape index (κ2) is 6.91. The van der Waals surface area contributed by atoms with E-state index in [-0.39, 0.29) is 11.8 Å². The lowest BCUT2D eigenvalue weighted by Crippen LogP contribution is -2.13. The molecule has 0 unspecified atom stereocenters. The molecule has 0 aliphatic heterocycles. The predicted molar refractivity (Wildman–Crippen MR) is 69.4 cm³/mol. The number of benzene rings is 1. The maximum absolute atomic E-state index is 11.1. The van der Waals surface area contributed by atoms with Crippen LogP contribution in [0, 0.1) is 0 Å². The van der Waals surface area contributed by atoms with Crippen molar-refractivity contribution in [2.24, 2.45) is 5.10 Å². The molecule has 0 bridgehead atoms. The molecule has 0 aliphatic carbocycles. The van der Waals surface area contributed by atoms with E-state index in [0.717, 1.165) is 12.1 Å². The number of hydrogen-bond donors (Lipinski definition) is 1. The summed E-state index contributed by atoms with van der Waals surface area (Å²) in [6.45, 7) is 4.06. The summed E-state index contributed by atoms with van der Waals surface area (Å²) in [6, 6.07) is 7.71. The van der Waals surface area contributed by atoms with Crippen molar-refractivity contribution < 1.29 is 9.53 Å². The van der Waals surface area contributed by atoms with Gasteiger partial charge in [0.15, 0.2) is 0 Å². The summed E-state index contributed by atoms with van der Waals surface area (Å²) in [7, 11) is 0. The number of aryl methyl sites for hydroxylation is 1. The maximum atomic E-state index is 11.1. The van der Waals surface area contributed by atoms with Gasteiger partial charge in [0.1, 0.15) is 0 Å². The summed E-state index contributed by atoms with van der Waals surface area (Å²) in [5, 5.41) is 3.51. The SMILES string of the molecule is CCOC(=O)/C(Cl)=N/Nc1ccc(CC)cc1. The Balaban J connectivity index is 2.59. The van der Waals surface area contributed by atoms with Crippen molar-refractivity contribution in [1.82, 2.24) is 0 Å². The third-order valence-electron chi connectivity index (χ3n) is 2.09. The molecule has 0 aromatic heterocycles. The van der Waals surface area contributed by atoms with Crippen molar-refractivity contribution in [1.29, 1.82) is 0 Å².